The summed E-state index contributed by atoms with van der Waals surface area (Å²) in [7, 11) is 0. The SMILES string of the molecule is CC(C)(CNCCCN1CCNCC1)C1CCC1. The molecule has 1 aliphatic carbocycles. The highest BCUT2D eigenvalue weighted by Crippen LogP contribution is 2.41. The van der Waals surface area contributed by atoms with E-state index in [2.05, 4.69) is 29.4 Å². The molecule has 1 aliphatic heterocycles. The van der Waals surface area contributed by atoms with Gasteiger partial charge in [-0.3, -0.25) is 0 Å². The lowest BCUT2D eigenvalue weighted by molar-refractivity contribution is 0.118. The molecule has 1 saturated carbocycles. The van der Waals surface area contributed by atoms with Crippen molar-refractivity contribution in [1.82, 2.24) is 15.5 Å². The quantitative estimate of drug-likeness (QED) is 0.676. The molecule has 2 rings (SSSR count). The van der Waals surface area contributed by atoms with Gasteiger partial charge in [0.25, 0.3) is 0 Å². The molecule has 0 aromatic carbocycles. The molecule has 2 aliphatic rings. The van der Waals surface area contributed by atoms with Crippen molar-refractivity contribution in [3.8, 4) is 0 Å². The number of rotatable bonds is 7. The topological polar surface area (TPSA) is 27.3 Å². The van der Waals surface area contributed by atoms with Crippen LogP contribution in [0, 0.1) is 11.3 Å². The smallest absolute Gasteiger partial charge is 0.0107 e. The van der Waals surface area contributed by atoms with E-state index in [4.69, 9.17) is 0 Å². The molecular weight excluding hydrogens is 222 g/mol. The molecule has 0 aromatic rings. The van der Waals surface area contributed by atoms with Gasteiger partial charge >= 0.3 is 0 Å². The van der Waals surface area contributed by atoms with E-state index < -0.39 is 0 Å². The Balaban J connectivity index is 1.50. The molecule has 2 N–H and O–H groups in total. The first-order chi connectivity index (χ1) is 8.68. The van der Waals surface area contributed by atoms with E-state index in [0.717, 1.165) is 5.92 Å². The third kappa shape index (κ3) is 4.22. The van der Waals surface area contributed by atoms with Gasteiger partial charge in [0.2, 0.25) is 0 Å². The second-order valence-electron chi connectivity index (χ2n) is 6.74. The average Bonchev–Trinajstić information content (AvgIpc) is 2.27. The van der Waals surface area contributed by atoms with Crippen LogP contribution in [0.5, 0.6) is 0 Å². The van der Waals surface area contributed by atoms with Gasteiger partial charge in [-0.2, -0.15) is 0 Å². The molecule has 3 nitrogen and oxygen atoms in total. The zero-order valence-electron chi connectivity index (χ0n) is 12.3. The minimum Gasteiger partial charge on any atom is -0.316 e. The minimum absolute atomic E-state index is 0.507. The standard InChI is InChI=1S/C15H31N3/c1-15(2,14-5-3-6-14)13-17-7-4-10-18-11-8-16-9-12-18/h14,16-17H,3-13H2,1-2H3. The first kappa shape index (κ1) is 14.3. The van der Waals surface area contributed by atoms with Crippen molar-refractivity contribution in [2.75, 3.05) is 45.8 Å². The van der Waals surface area contributed by atoms with Crippen LogP contribution >= 0.6 is 0 Å². The van der Waals surface area contributed by atoms with Gasteiger partial charge in [0, 0.05) is 32.7 Å². The zero-order valence-corrected chi connectivity index (χ0v) is 12.3. The molecule has 0 amide bonds. The zero-order chi connectivity index (χ0) is 12.8. The third-order valence-electron chi connectivity index (χ3n) is 4.83. The lowest BCUT2D eigenvalue weighted by Gasteiger charge is -2.40. The van der Waals surface area contributed by atoms with Crippen molar-refractivity contribution in [2.45, 2.75) is 39.5 Å². The number of hydrogen-bond donors (Lipinski definition) is 2. The van der Waals surface area contributed by atoms with Gasteiger partial charge in [0.1, 0.15) is 0 Å². The number of nitrogens with zero attached hydrogens (tertiary/aromatic N) is 1. The van der Waals surface area contributed by atoms with Gasteiger partial charge in [0.05, 0.1) is 0 Å². The average molecular weight is 253 g/mol. The van der Waals surface area contributed by atoms with Crippen molar-refractivity contribution in [3.63, 3.8) is 0 Å². The summed E-state index contributed by atoms with van der Waals surface area (Å²) in [6.45, 7) is 13.3. The maximum atomic E-state index is 3.67. The molecule has 0 spiro atoms. The molecule has 2 fully saturated rings. The Morgan fingerprint density at radius 1 is 1.22 bits per heavy atom. The summed E-state index contributed by atoms with van der Waals surface area (Å²) in [5, 5.41) is 7.08. The van der Waals surface area contributed by atoms with Crippen LogP contribution in [-0.4, -0.2) is 50.7 Å². The third-order valence-corrected chi connectivity index (χ3v) is 4.83. The predicted molar refractivity (Wildman–Crippen MR) is 77.9 cm³/mol. The van der Waals surface area contributed by atoms with Crippen LogP contribution in [0.4, 0.5) is 0 Å². The molecule has 1 heterocycles. The number of nitrogens with one attached hydrogen (secondary N) is 2. The van der Waals surface area contributed by atoms with Crippen LogP contribution in [0.15, 0.2) is 0 Å². The summed E-state index contributed by atoms with van der Waals surface area (Å²) in [5.74, 6) is 0.971. The van der Waals surface area contributed by atoms with Gasteiger partial charge in [-0.25, -0.2) is 0 Å². The second-order valence-corrected chi connectivity index (χ2v) is 6.74. The second kappa shape index (κ2) is 6.88. The van der Waals surface area contributed by atoms with Crippen LogP contribution in [-0.2, 0) is 0 Å². The van der Waals surface area contributed by atoms with Gasteiger partial charge in [0.15, 0.2) is 0 Å². The molecule has 0 radical (unpaired) electrons. The Morgan fingerprint density at radius 3 is 2.56 bits per heavy atom. The van der Waals surface area contributed by atoms with Crippen molar-refractivity contribution in [1.29, 1.82) is 0 Å². The Labute approximate surface area is 113 Å². The molecule has 0 atom stereocenters. The van der Waals surface area contributed by atoms with Crippen molar-refractivity contribution < 1.29 is 0 Å². The van der Waals surface area contributed by atoms with Crippen LogP contribution in [0.25, 0.3) is 0 Å². The highest BCUT2D eigenvalue weighted by molar-refractivity contribution is 4.85. The highest BCUT2D eigenvalue weighted by Gasteiger charge is 2.33. The summed E-state index contributed by atoms with van der Waals surface area (Å²) in [5.41, 5.74) is 0.507. The normalized spacial score (nSPS) is 23.0. The first-order valence-corrected chi connectivity index (χ1v) is 7.82. The first-order valence-electron chi connectivity index (χ1n) is 7.82. The molecule has 0 aromatic heterocycles. The van der Waals surface area contributed by atoms with Gasteiger partial charge in [-0.05, 0) is 43.7 Å². The molecule has 3 heteroatoms. The predicted octanol–water partition coefficient (Wildman–Crippen LogP) is 1.70. The number of piperazine rings is 1. The fourth-order valence-electron chi connectivity index (χ4n) is 3.11. The van der Waals surface area contributed by atoms with Crippen molar-refractivity contribution in [2.24, 2.45) is 11.3 Å². The Hall–Kier alpha value is -0.120. The van der Waals surface area contributed by atoms with E-state index in [0.29, 0.717) is 5.41 Å². The Morgan fingerprint density at radius 2 is 1.94 bits per heavy atom. The van der Waals surface area contributed by atoms with Crippen LogP contribution in [0.2, 0.25) is 0 Å². The lowest BCUT2D eigenvalue weighted by Crippen LogP contribution is -2.44. The van der Waals surface area contributed by atoms with Gasteiger partial charge < -0.3 is 15.5 Å². The Bertz CT molecular complexity index is 230. The molecule has 106 valence electrons. The summed E-state index contributed by atoms with van der Waals surface area (Å²) >= 11 is 0. The molecule has 18 heavy (non-hydrogen) atoms. The van der Waals surface area contributed by atoms with Crippen molar-refractivity contribution >= 4 is 0 Å². The summed E-state index contributed by atoms with van der Waals surface area (Å²) in [4.78, 5) is 2.58. The van der Waals surface area contributed by atoms with E-state index in [1.165, 1.54) is 71.5 Å². The van der Waals surface area contributed by atoms with E-state index in [-0.39, 0.29) is 0 Å². The van der Waals surface area contributed by atoms with E-state index in [1.54, 1.807) is 0 Å². The molecular formula is C15H31N3. The fourth-order valence-corrected chi connectivity index (χ4v) is 3.11. The minimum atomic E-state index is 0.507. The Kier molecular flexibility index (Phi) is 5.46. The molecule has 0 unspecified atom stereocenters. The summed E-state index contributed by atoms with van der Waals surface area (Å²) in [6.07, 6.45) is 5.66. The van der Waals surface area contributed by atoms with E-state index >= 15 is 0 Å². The van der Waals surface area contributed by atoms with Crippen LogP contribution in [0.1, 0.15) is 39.5 Å². The van der Waals surface area contributed by atoms with Gasteiger partial charge in [-0.15, -0.1) is 0 Å². The summed E-state index contributed by atoms with van der Waals surface area (Å²) < 4.78 is 0. The van der Waals surface area contributed by atoms with Gasteiger partial charge in [-0.1, -0.05) is 20.3 Å². The highest BCUT2D eigenvalue weighted by atomic mass is 15.2. The van der Waals surface area contributed by atoms with Crippen LogP contribution in [0.3, 0.4) is 0 Å². The monoisotopic (exact) mass is 253 g/mol. The van der Waals surface area contributed by atoms with E-state index in [1.807, 2.05) is 0 Å². The van der Waals surface area contributed by atoms with E-state index in [9.17, 15) is 0 Å². The van der Waals surface area contributed by atoms with Crippen molar-refractivity contribution in [3.05, 3.63) is 0 Å². The largest absolute Gasteiger partial charge is 0.316 e. The summed E-state index contributed by atoms with van der Waals surface area (Å²) in [6, 6.07) is 0. The number of hydrogen-bond acceptors (Lipinski definition) is 3. The maximum absolute atomic E-state index is 3.67. The maximum Gasteiger partial charge on any atom is 0.0107 e. The lowest BCUT2D eigenvalue weighted by atomic mass is 9.67. The van der Waals surface area contributed by atoms with Crippen LogP contribution < -0.4 is 10.6 Å². The fraction of sp³-hybridized carbons (Fsp3) is 1.00. The molecule has 1 saturated heterocycles. The molecule has 0 bridgehead atoms.